The van der Waals surface area contributed by atoms with E-state index < -0.39 is 0 Å². The lowest BCUT2D eigenvalue weighted by molar-refractivity contribution is 0.0234. The number of carbonyl (C=O) groups excluding carboxylic acids is 1. The molecule has 0 saturated heterocycles. The lowest BCUT2D eigenvalue weighted by Crippen LogP contribution is -2.41. The lowest BCUT2D eigenvalue weighted by Gasteiger charge is -2.38. The van der Waals surface area contributed by atoms with Gasteiger partial charge in [0.2, 0.25) is 0 Å². The highest BCUT2D eigenvalue weighted by atomic mass is 16.3. The molecule has 5 nitrogen and oxygen atoms in total. The van der Waals surface area contributed by atoms with Crippen molar-refractivity contribution in [1.82, 2.24) is 15.3 Å². The van der Waals surface area contributed by atoms with Crippen molar-refractivity contribution < 1.29 is 9.90 Å². The van der Waals surface area contributed by atoms with Crippen LogP contribution in [0.1, 0.15) is 34.9 Å². The van der Waals surface area contributed by atoms with Crippen molar-refractivity contribution in [1.29, 1.82) is 0 Å². The first-order valence-corrected chi connectivity index (χ1v) is 8.45. The number of para-hydroxylation sites is 1. The van der Waals surface area contributed by atoms with Gasteiger partial charge in [0.05, 0.1) is 17.7 Å². The van der Waals surface area contributed by atoms with Crippen LogP contribution in [0, 0.1) is 5.92 Å². The zero-order chi connectivity index (χ0) is 17.2. The van der Waals surface area contributed by atoms with Crippen LogP contribution in [0.25, 0.3) is 10.9 Å². The Kier molecular flexibility index (Phi) is 4.15. The van der Waals surface area contributed by atoms with E-state index in [2.05, 4.69) is 21.4 Å². The van der Waals surface area contributed by atoms with Crippen molar-refractivity contribution in [2.24, 2.45) is 5.92 Å². The first-order valence-electron chi connectivity index (χ1n) is 8.45. The van der Waals surface area contributed by atoms with Crippen LogP contribution in [0.15, 0.2) is 60.9 Å². The highest BCUT2D eigenvalue weighted by molar-refractivity contribution is 5.92. The van der Waals surface area contributed by atoms with Crippen LogP contribution in [-0.4, -0.2) is 27.1 Å². The Morgan fingerprint density at radius 3 is 2.68 bits per heavy atom. The van der Waals surface area contributed by atoms with Crippen LogP contribution in [0.3, 0.4) is 0 Å². The number of aliphatic hydroxyl groups is 1. The number of rotatable bonds is 4. The second-order valence-electron chi connectivity index (χ2n) is 6.51. The zero-order valence-electron chi connectivity index (χ0n) is 13.7. The second-order valence-corrected chi connectivity index (χ2v) is 6.51. The van der Waals surface area contributed by atoms with E-state index in [1.54, 1.807) is 24.4 Å². The molecule has 0 bridgehead atoms. The number of benzene rings is 1. The fourth-order valence-electron chi connectivity index (χ4n) is 3.35. The van der Waals surface area contributed by atoms with E-state index in [9.17, 15) is 9.90 Å². The van der Waals surface area contributed by atoms with Crippen LogP contribution in [0.5, 0.6) is 0 Å². The van der Waals surface area contributed by atoms with Crippen LogP contribution in [-0.2, 0) is 0 Å². The second kappa shape index (κ2) is 6.61. The van der Waals surface area contributed by atoms with E-state index in [0.717, 1.165) is 16.5 Å². The number of fused-ring (bicyclic) bond motifs is 1. The number of nitrogens with one attached hydrogen (secondary N) is 1. The number of nitrogens with zero attached hydrogens (tertiary/aromatic N) is 2. The summed E-state index contributed by atoms with van der Waals surface area (Å²) < 4.78 is 0. The summed E-state index contributed by atoms with van der Waals surface area (Å²) in [6.45, 7) is 0. The van der Waals surface area contributed by atoms with Crippen molar-refractivity contribution >= 4 is 16.8 Å². The van der Waals surface area contributed by atoms with E-state index in [-0.39, 0.29) is 24.0 Å². The van der Waals surface area contributed by atoms with Gasteiger partial charge in [-0.25, -0.2) is 0 Å². The Balaban J connectivity index is 1.64. The van der Waals surface area contributed by atoms with Gasteiger partial charge in [-0.15, -0.1) is 0 Å². The topological polar surface area (TPSA) is 75.1 Å². The maximum Gasteiger partial charge on any atom is 0.270 e. The van der Waals surface area contributed by atoms with Crippen molar-refractivity contribution in [3.05, 3.63) is 72.2 Å². The van der Waals surface area contributed by atoms with Crippen molar-refractivity contribution in [3.63, 3.8) is 0 Å². The van der Waals surface area contributed by atoms with Crippen molar-refractivity contribution in [3.8, 4) is 0 Å². The van der Waals surface area contributed by atoms with Gasteiger partial charge in [-0.1, -0.05) is 24.3 Å². The molecular weight excluding hydrogens is 314 g/mol. The van der Waals surface area contributed by atoms with E-state index in [1.165, 1.54) is 0 Å². The summed E-state index contributed by atoms with van der Waals surface area (Å²) in [5.41, 5.74) is 2.27. The van der Waals surface area contributed by atoms with E-state index >= 15 is 0 Å². The van der Waals surface area contributed by atoms with Crippen LogP contribution in [0.2, 0.25) is 0 Å². The molecule has 1 aromatic carbocycles. The Labute approximate surface area is 145 Å². The average Bonchev–Trinajstić information content (AvgIpc) is 2.64. The first-order chi connectivity index (χ1) is 12.2. The summed E-state index contributed by atoms with van der Waals surface area (Å²) in [7, 11) is 0. The maximum absolute atomic E-state index is 12.6. The minimum absolute atomic E-state index is 0.185. The number of pyridine rings is 2. The Hall–Kier alpha value is -2.79. The molecule has 1 amide bonds. The minimum Gasteiger partial charge on any atom is -0.393 e. The van der Waals surface area contributed by atoms with Gasteiger partial charge in [0.25, 0.3) is 5.91 Å². The molecule has 3 aromatic rings. The SMILES string of the molecule is O=C(NC(c1cnc2ccccc2c1)C1CC(O)C1)c1ccccn1. The summed E-state index contributed by atoms with van der Waals surface area (Å²) in [5, 5.41) is 13.8. The summed E-state index contributed by atoms with van der Waals surface area (Å²) in [5.74, 6) is -0.00854. The molecule has 2 N–H and O–H groups in total. The highest BCUT2D eigenvalue weighted by Crippen LogP contribution is 2.38. The van der Waals surface area contributed by atoms with Crippen LogP contribution in [0.4, 0.5) is 0 Å². The summed E-state index contributed by atoms with van der Waals surface area (Å²) in [6, 6.07) is 15.1. The van der Waals surface area contributed by atoms with Crippen LogP contribution < -0.4 is 5.32 Å². The predicted octanol–water partition coefficient (Wildman–Crippen LogP) is 2.87. The molecule has 0 spiro atoms. The minimum atomic E-state index is -0.285. The average molecular weight is 333 g/mol. The summed E-state index contributed by atoms with van der Waals surface area (Å²) in [6.07, 6.45) is 4.50. The molecule has 0 radical (unpaired) electrons. The Bertz CT molecular complexity index is 892. The third-order valence-corrected chi connectivity index (χ3v) is 4.78. The molecule has 1 unspecified atom stereocenters. The van der Waals surface area contributed by atoms with E-state index in [0.29, 0.717) is 18.5 Å². The van der Waals surface area contributed by atoms with Gasteiger partial charge in [-0.3, -0.25) is 14.8 Å². The van der Waals surface area contributed by atoms with Crippen LogP contribution >= 0.6 is 0 Å². The fraction of sp³-hybridized carbons (Fsp3) is 0.250. The highest BCUT2D eigenvalue weighted by Gasteiger charge is 2.36. The first kappa shape index (κ1) is 15.7. The maximum atomic E-state index is 12.6. The number of hydrogen-bond acceptors (Lipinski definition) is 4. The van der Waals surface area contributed by atoms with Gasteiger partial charge >= 0.3 is 0 Å². The third kappa shape index (κ3) is 3.23. The molecule has 0 aliphatic heterocycles. The zero-order valence-corrected chi connectivity index (χ0v) is 13.7. The molecule has 126 valence electrons. The molecule has 2 aromatic heterocycles. The Morgan fingerprint density at radius 1 is 1.12 bits per heavy atom. The van der Waals surface area contributed by atoms with Gasteiger partial charge in [-0.2, -0.15) is 0 Å². The number of aliphatic hydroxyl groups excluding tert-OH is 1. The number of hydrogen-bond donors (Lipinski definition) is 2. The molecule has 1 fully saturated rings. The third-order valence-electron chi connectivity index (χ3n) is 4.78. The van der Waals surface area contributed by atoms with Gasteiger partial charge in [0, 0.05) is 17.8 Å². The predicted molar refractivity (Wildman–Crippen MR) is 94.9 cm³/mol. The number of aromatic nitrogens is 2. The normalized spacial score (nSPS) is 20.7. The molecule has 1 atom stereocenters. The molecule has 4 rings (SSSR count). The van der Waals surface area contributed by atoms with Gasteiger partial charge in [-0.05, 0) is 48.6 Å². The number of amides is 1. The van der Waals surface area contributed by atoms with Crippen molar-refractivity contribution in [2.45, 2.75) is 25.0 Å². The van der Waals surface area contributed by atoms with Crippen molar-refractivity contribution in [2.75, 3.05) is 0 Å². The molecule has 25 heavy (non-hydrogen) atoms. The quantitative estimate of drug-likeness (QED) is 0.770. The number of carbonyl (C=O) groups is 1. The fourth-order valence-corrected chi connectivity index (χ4v) is 3.35. The molecule has 1 saturated carbocycles. The molecular formula is C20H19N3O2. The van der Waals surface area contributed by atoms with Gasteiger partial charge < -0.3 is 10.4 Å². The smallest absolute Gasteiger partial charge is 0.270 e. The van der Waals surface area contributed by atoms with E-state index in [1.807, 2.05) is 30.5 Å². The molecule has 2 heterocycles. The lowest BCUT2D eigenvalue weighted by atomic mass is 9.75. The Morgan fingerprint density at radius 2 is 1.92 bits per heavy atom. The largest absolute Gasteiger partial charge is 0.393 e. The summed E-state index contributed by atoms with van der Waals surface area (Å²) in [4.78, 5) is 21.2. The monoisotopic (exact) mass is 333 g/mol. The molecule has 5 heteroatoms. The molecule has 1 aliphatic carbocycles. The molecule has 1 aliphatic rings. The summed E-state index contributed by atoms with van der Waals surface area (Å²) >= 11 is 0. The standard InChI is InChI=1S/C20H19N3O2/c24-16-10-14(11-16)19(23-20(25)18-7-3-4-8-21-18)15-9-13-5-1-2-6-17(13)22-12-15/h1-9,12,14,16,19,24H,10-11H2,(H,23,25). The van der Waals surface area contributed by atoms with Gasteiger partial charge in [0.1, 0.15) is 5.69 Å². The van der Waals surface area contributed by atoms with Gasteiger partial charge in [0.15, 0.2) is 0 Å². The van der Waals surface area contributed by atoms with E-state index in [4.69, 9.17) is 0 Å².